The molecule has 0 spiro atoms. The summed E-state index contributed by atoms with van der Waals surface area (Å²) in [5, 5.41) is 20.4. The average molecular weight is 249 g/mol. The lowest BCUT2D eigenvalue weighted by atomic mass is 10.0. The van der Waals surface area contributed by atoms with Gasteiger partial charge in [-0.15, -0.1) is 0 Å². The van der Waals surface area contributed by atoms with Gasteiger partial charge in [0.05, 0.1) is 12.7 Å². The van der Waals surface area contributed by atoms with Crippen LogP contribution in [0, 0.1) is 0 Å². The third-order valence-electron chi connectivity index (χ3n) is 3.33. The highest BCUT2D eigenvalue weighted by Crippen LogP contribution is 2.38. The van der Waals surface area contributed by atoms with Crippen LogP contribution in [0.1, 0.15) is 19.6 Å². The van der Waals surface area contributed by atoms with Crippen LogP contribution < -0.4 is 0 Å². The normalized spacial score (nSPS) is 32.2. The molecule has 18 heavy (non-hydrogen) atoms. The Morgan fingerprint density at radius 2 is 2.44 bits per heavy atom. The van der Waals surface area contributed by atoms with Crippen molar-refractivity contribution < 1.29 is 14.9 Å². The molecule has 0 aliphatic carbocycles. The van der Waals surface area contributed by atoms with Crippen LogP contribution in [0.15, 0.2) is 24.8 Å². The molecule has 6 heteroatoms. The van der Waals surface area contributed by atoms with Crippen molar-refractivity contribution in [2.75, 3.05) is 6.61 Å². The molecule has 0 unspecified atom stereocenters. The quantitative estimate of drug-likeness (QED) is 0.808. The summed E-state index contributed by atoms with van der Waals surface area (Å²) in [6, 6.07) is 1.88. The Bertz CT molecular complexity index is 566. The molecule has 96 valence electrons. The summed E-state index contributed by atoms with van der Waals surface area (Å²) in [5.41, 5.74) is -0.307. The maximum Gasteiger partial charge on any atom is 0.164 e. The van der Waals surface area contributed by atoms with Crippen LogP contribution >= 0.6 is 0 Å². The van der Waals surface area contributed by atoms with Crippen molar-refractivity contribution in [1.82, 2.24) is 14.5 Å². The second kappa shape index (κ2) is 4.01. The molecule has 0 amide bonds. The van der Waals surface area contributed by atoms with Crippen molar-refractivity contribution in [3.8, 4) is 0 Å². The summed E-state index contributed by atoms with van der Waals surface area (Å²) in [6.45, 7) is 1.61. The van der Waals surface area contributed by atoms with E-state index in [0.29, 0.717) is 12.1 Å². The fourth-order valence-electron chi connectivity index (χ4n) is 2.50. The number of aliphatic hydroxyl groups excluding tert-OH is 1. The lowest BCUT2D eigenvalue weighted by molar-refractivity contribution is -0.0852. The van der Waals surface area contributed by atoms with Gasteiger partial charge in [0.15, 0.2) is 6.23 Å². The second-order valence-corrected chi connectivity index (χ2v) is 4.88. The molecule has 2 aromatic heterocycles. The third-order valence-corrected chi connectivity index (χ3v) is 3.33. The first kappa shape index (κ1) is 11.6. The molecule has 1 saturated heterocycles. The standard InChI is InChI=1S/C12H15N3O3/c1-12(17)4-9(6-16)18-11(12)15-3-2-8-5-13-7-14-10(8)15/h2-3,5,7,9,11,16-17H,4,6H2,1H3/t9-,11+,12+/m0/s1. The minimum absolute atomic E-state index is 0.0964. The lowest BCUT2D eigenvalue weighted by Gasteiger charge is -2.25. The van der Waals surface area contributed by atoms with Crippen molar-refractivity contribution in [2.24, 2.45) is 0 Å². The topological polar surface area (TPSA) is 80.4 Å². The van der Waals surface area contributed by atoms with Crippen LogP contribution in [0.2, 0.25) is 0 Å². The van der Waals surface area contributed by atoms with Crippen LogP contribution in [-0.2, 0) is 4.74 Å². The molecular formula is C12H15N3O3. The first-order valence-electron chi connectivity index (χ1n) is 5.87. The summed E-state index contributed by atoms with van der Waals surface area (Å²) >= 11 is 0. The van der Waals surface area contributed by atoms with E-state index in [0.717, 1.165) is 5.39 Å². The first-order valence-corrected chi connectivity index (χ1v) is 5.87. The van der Waals surface area contributed by atoms with E-state index in [2.05, 4.69) is 9.97 Å². The molecule has 0 aromatic carbocycles. The fraction of sp³-hybridized carbons (Fsp3) is 0.500. The van der Waals surface area contributed by atoms with Crippen molar-refractivity contribution in [3.63, 3.8) is 0 Å². The maximum absolute atomic E-state index is 10.4. The van der Waals surface area contributed by atoms with E-state index in [1.807, 2.05) is 12.3 Å². The molecule has 0 bridgehead atoms. The Morgan fingerprint density at radius 3 is 3.17 bits per heavy atom. The number of ether oxygens (including phenoxy) is 1. The van der Waals surface area contributed by atoms with Gasteiger partial charge in [0.2, 0.25) is 0 Å². The Balaban J connectivity index is 2.04. The van der Waals surface area contributed by atoms with Gasteiger partial charge in [-0.05, 0) is 13.0 Å². The van der Waals surface area contributed by atoms with Crippen molar-refractivity contribution in [3.05, 3.63) is 24.8 Å². The van der Waals surface area contributed by atoms with Gasteiger partial charge in [0.1, 0.15) is 17.6 Å². The molecule has 0 radical (unpaired) electrons. The molecule has 2 aromatic rings. The molecule has 1 fully saturated rings. The molecule has 2 N–H and O–H groups in total. The van der Waals surface area contributed by atoms with E-state index < -0.39 is 11.8 Å². The first-order chi connectivity index (χ1) is 8.62. The van der Waals surface area contributed by atoms with Gasteiger partial charge in [-0.2, -0.15) is 0 Å². The van der Waals surface area contributed by atoms with Gasteiger partial charge in [-0.25, -0.2) is 9.97 Å². The minimum Gasteiger partial charge on any atom is -0.394 e. The minimum atomic E-state index is -1.02. The van der Waals surface area contributed by atoms with Crippen LogP contribution in [0.3, 0.4) is 0 Å². The van der Waals surface area contributed by atoms with E-state index in [4.69, 9.17) is 9.84 Å². The highest BCUT2D eigenvalue weighted by atomic mass is 16.5. The van der Waals surface area contributed by atoms with E-state index in [9.17, 15) is 5.11 Å². The lowest BCUT2D eigenvalue weighted by Crippen LogP contribution is -2.31. The van der Waals surface area contributed by atoms with Crippen LogP contribution in [-0.4, -0.2) is 43.1 Å². The molecule has 3 rings (SSSR count). The summed E-state index contributed by atoms with van der Waals surface area (Å²) < 4.78 is 7.47. The number of nitrogens with zero attached hydrogens (tertiary/aromatic N) is 3. The SMILES string of the molecule is C[C@@]1(O)C[C@@H](CO)O[C@H]1n1ccc2cncnc21. The van der Waals surface area contributed by atoms with Gasteiger partial charge in [0, 0.05) is 24.2 Å². The molecule has 1 aliphatic rings. The highest BCUT2D eigenvalue weighted by molar-refractivity contribution is 5.74. The summed E-state index contributed by atoms with van der Waals surface area (Å²) in [6.07, 6.45) is 4.52. The number of hydrogen-bond acceptors (Lipinski definition) is 5. The van der Waals surface area contributed by atoms with Crippen molar-refractivity contribution in [2.45, 2.75) is 31.3 Å². The summed E-state index contributed by atoms with van der Waals surface area (Å²) in [4.78, 5) is 8.15. The van der Waals surface area contributed by atoms with E-state index in [1.54, 1.807) is 17.7 Å². The molecule has 3 atom stereocenters. The number of rotatable bonds is 2. The monoisotopic (exact) mass is 249 g/mol. The zero-order chi connectivity index (χ0) is 12.8. The zero-order valence-electron chi connectivity index (χ0n) is 10.0. The van der Waals surface area contributed by atoms with E-state index in [-0.39, 0.29) is 12.7 Å². The van der Waals surface area contributed by atoms with E-state index in [1.165, 1.54) is 6.33 Å². The van der Waals surface area contributed by atoms with Gasteiger partial charge >= 0.3 is 0 Å². The fourth-order valence-corrected chi connectivity index (χ4v) is 2.50. The van der Waals surface area contributed by atoms with Gasteiger partial charge in [-0.1, -0.05) is 0 Å². The van der Waals surface area contributed by atoms with Crippen LogP contribution in [0.25, 0.3) is 11.0 Å². The Kier molecular flexibility index (Phi) is 2.58. The van der Waals surface area contributed by atoms with Crippen molar-refractivity contribution in [1.29, 1.82) is 0 Å². The van der Waals surface area contributed by atoms with Gasteiger partial charge in [-0.3, -0.25) is 0 Å². The zero-order valence-corrected chi connectivity index (χ0v) is 10.0. The number of fused-ring (bicyclic) bond motifs is 1. The molecule has 0 saturated carbocycles. The number of aliphatic hydroxyl groups is 2. The maximum atomic E-state index is 10.4. The highest BCUT2D eigenvalue weighted by Gasteiger charge is 2.45. The summed E-state index contributed by atoms with van der Waals surface area (Å²) in [5.74, 6) is 0. The average Bonchev–Trinajstić information content (AvgIpc) is 2.89. The van der Waals surface area contributed by atoms with E-state index >= 15 is 0 Å². The van der Waals surface area contributed by atoms with Crippen LogP contribution in [0.4, 0.5) is 0 Å². The Labute approximate surface area is 104 Å². The van der Waals surface area contributed by atoms with Gasteiger partial charge < -0.3 is 19.5 Å². The third kappa shape index (κ3) is 1.69. The molecular weight excluding hydrogens is 234 g/mol. The number of hydrogen-bond donors (Lipinski definition) is 2. The smallest absolute Gasteiger partial charge is 0.164 e. The summed E-state index contributed by atoms with van der Waals surface area (Å²) in [7, 11) is 0. The predicted octanol–water partition coefficient (Wildman–Crippen LogP) is 0.462. The largest absolute Gasteiger partial charge is 0.394 e. The van der Waals surface area contributed by atoms with Crippen LogP contribution in [0.5, 0.6) is 0 Å². The van der Waals surface area contributed by atoms with Crippen molar-refractivity contribution >= 4 is 11.0 Å². The Hall–Kier alpha value is -1.50. The Morgan fingerprint density at radius 1 is 1.61 bits per heavy atom. The molecule has 6 nitrogen and oxygen atoms in total. The second-order valence-electron chi connectivity index (χ2n) is 4.88. The predicted molar refractivity (Wildman–Crippen MR) is 63.8 cm³/mol. The molecule has 3 heterocycles. The molecule has 1 aliphatic heterocycles. The number of aromatic nitrogens is 3. The van der Waals surface area contributed by atoms with Gasteiger partial charge in [0.25, 0.3) is 0 Å².